The minimum Gasteiger partial charge on any atom is -0.396 e. The number of aliphatic hydroxyl groups is 1. The lowest BCUT2D eigenvalue weighted by atomic mass is 9.97. The van der Waals surface area contributed by atoms with Crippen LogP contribution in [-0.2, 0) is 13.6 Å². The molecular formula is C18H27N3O. The third-order valence-corrected chi connectivity index (χ3v) is 4.84. The molecule has 0 amide bonds. The number of benzene rings is 1. The lowest BCUT2D eigenvalue weighted by Gasteiger charge is -2.20. The van der Waals surface area contributed by atoms with Crippen molar-refractivity contribution < 1.29 is 5.11 Å². The fourth-order valence-electron chi connectivity index (χ4n) is 3.74. The summed E-state index contributed by atoms with van der Waals surface area (Å²) in [6, 6.07) is 8.91. The lowest BCUT2D eigenvalue weighted by Crippen LogP contribution is -2.28. The number of likely N-dealkylation sites (tertiary alicyclic amines) is 1. The van der Waals surface area contributed by atoms with Gasteiger partial charge >= 0.3 is 0 Å². The largest absolute Gasteiger partial charge is 0.396 e. The fraction of sp³-hybridized carbons (Fsp3) is 0.556. The molecule has 1 fully saturated rings. The zero-order valence-corrected chi connectivity index (χ0v) is 13.9. The summed E-state index contributed by atoms with van der Waals surface area (Å²) in [5.41, 5.74) is 2.64. The second-order valence-corrected chi connectivity index (χ2v) is 6.98. The molecule has 1 aliphatic rings. The van der Waals surface area contributed by atoms with E-state index in [1.807, 2.05) is 0 Å². The number of rotatable bonds is 5. The smallest absolute Gasteiger partial charge is 0.0477 e. The van der Waals surface area contributed by atoms with E-state index in [1.165, 1.54) is 16.5 Å². The molecule has 2 heterocycles. The van der Waals surface area contributed by atoms with Gasteiger partial charge in [-0.1, -0.05) is 6.07 Å². The summed E-state index contributed by atoms with van der Waals surface area (Å²) in [5, 5.41) is 10.9. The van der Waals surface area contributed by atoms with Gasteiger partial charge in [0.1, 0.15) is 0 Å². The highest BCUT2D eigenvalue weighted by Crippen LogP contribution is 2.26. The average Bonchev–Trinajstić information content (AvgIpc) is 3.02. The van der Waals surface area contributed by atoms with Crippen molar-refractivity contribution in [2.24, 2.45) is 18.9 Å². The van der Waals surface area contributed by atoms with Gasteiger partial charge in [0.2, 0.25) is 0 Å². The summed E-state index contributed by atoms with van der Waals surface area (Å²) >= 11 is 0. The Morgan fingerprint density at radius 3 is 2.68 bits per heavy atom. The van der Waals surface area contributed by atoms with Gasteiger partial charge in [0.25, 0.3) is 0 Å². The van der Waals surface area contributed by atoms with Gasteiger partial charge in [-0.25, -0.2) is 0 Å². The Morgan fingerprint density at radius 2 is 1.95 bits per heavy atom. The number of nitrogens with zero attached hydrogens (tertiary/aromatic N) is 3. The van der Waals surface area contributed by atoms with Gasteiger partial charge in [-0.2, -0.15) is 0 Å². The lowest BCUT2D eigenvalue weighted by molar-refractivity contribution is 0.183. The second-order valence-electron chi connectivity index (χ2n) is 6.98. The second kappa shape index (κ2) is 6.41. The van der Waals surface area contributed by atoms with Crippen LogP contribution in [0.1, 0.15) is 5.56 Å². The van der Waals surface area contributed by atoms with E-state index in [-0.39, 0.29) is 0 Å². The number of aryl methyl sites for hydroxylation is 1. The number of aromatic nitrogens is 1. The number of fused-ring (bicyclic) bond motifs is 1. The van der Waals surface area contributed by atoms with Crippen molar-refractivity contribution in [3.63, 3.8) is 0 Å². The van der Waals surface area contributed by atoms with Crippen molar-refractivity contribution in [1.82, 2.24) is 14.4 Å². The molecule has 1 aromatic heterocycles. The quantitative estimate of drug-likeness (QED) is 0.913. The minimum absolute atomic E-state index is 0.298. The van der Waals surface area contributed by atoms with Crippen LogP contribution in [-0.4, -0.2) is 59.8 Å². The molecule has 1 saturated heterocycles. The standard InChI is InChI=1S/C18H27N3O/c1-19(2)10-16-11-21(12-17(16)13-22)9-14-4-5-18-15(8-14)6-7-20(18)3/h4-8,16-17,22H,9-13H2,1-3H3/t16-,17-/m1/s1. The van der Waals surface area contributed by atoms with E-state index in [2.05, 4.69) is 66.0 Å². The van der Waals surface area contributed by atoms with Gasteiger partial charge in [-0.15, -0.1) is 0 Å². The molecule has 2 aromatic rings. The van der Waals surface area contributed by atoms with E-state index < -0.39 is 0 Å². The topological polar surface area (TPSA) is 31.6 Å². The van der Waals surface area contributed by atoms with Gasteiger partial charge in [0.05, 0.1) is 0 Å². The van der Waals surface area contributed by atoms with Crippen molar-refractivity contribution in [3.8, 4) is 0 Å². The molecule has 3 rings (SSSR count). The molecule has 120 valence electrons. The Hall–Kier alpha value is -1.36. The van der Waals surface area contributed by atoms with Crippen molar-refractivity contribution >= 4 is 10.9 Å². The van der Waals surface area contributed by atoms with Crippen LogP contribution >= 0.6 is 0 Å². The highest BCUT2D eigenvalue weighted by Gasteiger charge is 2.32. The Labute approximate surface area is 132 Å². The van der Waals surface area contributed by atoms with E-state index in [0.717, 1.165) is 26.2 Å². The summed E-state index contributed by atoms with van der Waals surface area (Å²) < 4.78 is 2.16. The molecule has 0 bridgehead atoms. The van der Waals surface area contributed by atoms with Crippen LogP contribution in [0.15, 0.2) is 30.5 Å². The Bertz CT molecular complexity index is 634. The van der Waals surface area contributed by atoms with Crippen molar-refractivity contribution in [2.75, 3.05) is 40.3 Å². The van der Waals surface area contributed by atoms with Crippen LogP contribution in [0.25, 0.3) is 10.9 Å². The molecule has 4 heteroatoms. The van der Waals surface area contributed by atoms with Crippen LogP contribution in [0.3, 0.4) is 0 Å². The molecule has 0 spiro atoms. The Kier molecular flexibility index (Phi) is 4.52. The molecule has 22 heavy (non-hydrogen) atoms. The van der Waals surface area contributed by atoms with Crippen molar-refractivity contribution in [3.05, 3.63) is 36.0 Å². The third kappa shape index (κ3) is 3.19. The molecule has 2 atom stereocenters. The zero-order valence-electron chi connectivity index (χ0n) is 13.9. The molecule has 1 aliphatic heterocycles. The van der Waals surface area contributed by atoms with Crippen LogP contribution in [0.4, 0.5) is 0 Å². The summed E-state index contributed by atoms with van der Waals surface area (Å²) in [6.45, 7) is 4.41. The van der Waals surface area contributed by atoms with Crippen molar-refractivity contribution in [1.29, 1.82) is 0 Å². The maximum absolute atomic E-state index is 9.63. The van der Waals surface area contributed by atoms with E-state index in [0.29, 0.717) is 18.4 Å². The van der Waals surface area contributed by atoms with Gasteiger partial charge < -0.3 is 14.6 Å². The Morgan fingerprint density at radius 1 is 1.18 bits per heavy atom. The Balaban J connectivity index is 1.69. The summed E-state index contributed by atoms with van der Waals surface area (Å²) in [6.07, 6.45) is 2.11. The predicted molar refractivity (Wildman–Crippen MR) is 90.8 cm³/mol. The number of hydrogen-bond donors (Lipinski definition) is 1. The molecule has 0 saturated carbocycles. The van der Waals surface area contributed by atoms with Crippen LogP contribution in [0, 0.1) is 11.8 Å². The first kappa shape index (κ1) is 15.5. The van der Waals surface area contributed by atoms with Gasteiger partial charge in [-0.05, 0) is 55.1 Å². The van der Waals surface area contributed by atoms with Gasteiger partial charge in [0, 0.05) is 51.5 Å². The maximum atomic E-state index is 9.63. The first-order valence-corrected chi connectivity index (χ1v) is 8.08. The van der Waals surface area contributed by atoms with E-state index in [1.54, 1.807) is 0 Å². The summed E-state index contributed by atoms with van der Waals surface area (Å²) in [7, 11) is 6.31. The van der Waals surface area contributed by atoms with Crippen molar-refractivity contribution in [2.45, 2.75) is 6.54 Å². The van der Waals surface area contributed by atoms with Gasteiger partial charge in [0.15, 0.2) is 0 Å². The first-order valence-electron chi connectivity index (χ1n) is 8.08. The molecular weight excluding hydrogens is 274 g/mol. The molecule has 0 radical (unpaired) electrons. The molecule has 1 aromatic carbocycles. The summed E-state index contributed by atoms with van der Waals surface area (Å²) in [4.78, 5) is 4.71. The monoisotopic (exact) mass is 301 g/mol. The van der Waals surface area contributed by atoms with Crippen LogP contribution in [0.5, 0.6) is 0 Å². The van der Waals surface area contributed by atoms with E-state index in [4.69, 9.17) is 0 Å². The molecule has 4 nitrogen and oxygen atoms in total. The molecule has 1 N–H and O–H groups in total. The SMILES string of the molecule is CN(C)C[C@@H]1CN(Cc2ccc3c(ccn3C)c2)C[C@@H]1CO. The normalized spacial score (nSPS) is 23.0. The zero-order chi connectivity index (χ0) is 15.7. The number of hydrogen-bond acceptors (Lipinski definition) is 3. The third-order valence-electron chi connectivity index (χ3n) is 4.84. The molecule has 0 aliphatic carbocycles. The highest BCUT2D eigenvalue weighted by molar-refractivity contribution is 5.80. The average molecular weight is 301 g/mol. The maximum Gasteiger partial charge on any atom is 0.0477 e. The fourth-order valence-corrected chi connectivity index (χ4v) is 3.74. The predicted octanol–water partition coefficient (Wildman–Crippen LogP) is 1.78. The summed E-state index contributed by atoms with van der Waals surface area (Å²) in [5.74, 6) is 0.975. The van der Waals surface area contributed by atoms with E-state index >= 15 is 0 Å². The molecule has 0 unspecified atom stereocenters. The van der Waals surface area contributed by atoms with Crippen LogP contribution < -0.4 is 0 Å². The van der Waals surface area contributed by atoms with E-state index in [9.17, 15) is 5.11 Å². The van der Waals surface area contributed by atoms with Crippen LogP contribution in [0.2, 0.25) is 0 Å². The first-order chi connectivity index (χ1) is 10.6. The minimum atomic E-state index is 0.298. The highest BCUT2D eigenvalue weighted by atomic mass is 16.3. The van der Waals surface area contributed by atoms with Gasteiger partial charge in [-0.3, -0.25) is 4.90 Å². The number of aliphatic hydroxyl groups excluding tert-OH is 1.